The van der Waals surface area contributed by atoms with Gasteiger partial charge < -0.3 is 15.0 Å². The summed E-state index contributed by atoms with van der Waals surface area (Å²) in [5, 5.41) is 2.96. The van der Waals surface area contributed by atoms with Gasteiger partial charge in [-0.25, -0.2) is 0 Å². The normalized spacial score (nSPS) is 11.6. The summed E-state index contributed by atoms with van der Waals surface area (Å²) < 4.78 is 5.31. The Morgan fingerprint density at radius 3 is 2.39 bits per heavy atom. The van der Waals surface area contributed by atoms with E-state index in [1.807, 2.05) is 24.3 Å². The fourth-order valence-corrected chi connectivity index (χ4v) is 3.42. The van der Waals surface area contributed by atoms with Crippen molar-refractivity contribution in [3.05, 3.63) is 65.2 Å². The van der Waals surface area contributed by atoms with Crippen LogP contribution in [-0.2, 0) is 29.0 Å². The molecular formula is C26H36N2O3. The van der Waals surface area contributed by atoms with Gasteiger partial charge in [-0.15, -0.1) is 0 Å². The third kappa shape index (κ3) is 7.74. The SMILES string of the molecule is CCCCNC(=O)[C@@H](C)N(Cc1cccc(OC)c1)C(=O)CCc1ccc(CC)cc1. The first kappa shape index (κ1) is 24.4. The van der Waals surface area contributed by atoms with Crippen LogP contribution in [0.2, 0.25) is 0 Å². The second-order valence-electron chi connectivity index (χ2n) is 7.86. The van der Waals surface area contributed by atoms with Crippen molar-refractivity contribution in [1.82, 2.24) is 10.2 Å². The van der Waals surface area contributed by atoms with Gasteiger partial charge in [0, 0.05) is 19.5 Å². The Balaban J connectivity index is 2.11. The highest BCUT2D eigenvalue weighted by Gasteiger charge is 2.25. The number of nitrogens with zero attached hydrogens (tertiary/aromatic N) is 1. The van der Waals surface area contributed by atoms with Gasteiger partial charge in [0.1, 0.15) is 11.8 Å². The first-order chi connectivity index (χ1) is 15.0. The molecule has 0 aliphatic carbocycles. The van der Waals surface area contributed by atoms with Crippen LogP contribution < -0.4 is 10.1 Å². The first-order valence-corrected chi connectivity index (χ1v) is 11.3. The van der Waals surface area contributed by atoms with Crippen LogP contribution in [0.4, 0.5) is 0 Å². The van der Waals surface area contributed by atoms with Gasteiger partial charge in [0.25, 0.3) is 0 Å². The molecule has 0 fully saturated rings. The van der Waals surface area contributed by atoms with E-state index in [4.69, 9.17) is 4.74 Å². The summed E-state index contributed by atoms with van der Waals surface area (Å²) in [4.78, 5) is 27.6. The van der Waals surface area contributed by atoms with Crippen LogP contribution in [0.5, 0.6) is 5.75 Å². The van der Waals surface area contributed by atoms with Crippen LogP contribution >= 0.6 is 0 Å². The van der Waals surface area contributed by atoms with Gasteiger partial charge in [-0.1, -0.05) is 56.7 Å². The zero-order valence-electron chi connectivity index (χ0n) is 19.3. The smallest absolute Gasteiger partial charge is 0.242 e. The monoisotopic (exact) mass is 424 g/mol. The summed E-state index contributed by atoms with van der Waals surface area (Å²) in [5.41, 5.74) is 3.35. The molecule has 5 heteroatoms. The third-order valence-electron chi connectivity index (χ3n) is 5.54. The molecular weight excluding hydrogens is 388 g/mol. The molecule has 2 aromatic rings. The maximum absolute atomic E-state index is 13.2. The van der Waals surface area contributed by atoms with Gasteiger partial charge in [-0.05, 0) is 55.0 Å². The lowest BCUT2D eigenvalue weighted by Gasteiger charge is -2.29. The van der Waals surface area contributed by atoms with Crippen molar-refractivity contribution in [2.24, 2.45) is 0 Å². The predicted molar refractivity (Wildman–Crippen MR) is 125 cm³/mol. The molecule has 0 aromatic heterocycles. The Kier molecular flexibility index (Phi) is 10.1. The van der Waals surface area contributed by atoms with E-state index in [1.54, 1.807) is 18.9 Å². The lowest BCUT2D eigenvalue weighted by molar-refractivity contribution is -0.140. The van der Waals surface area contributed by atoms with Gasteiger partial charge >= 0.3 is 0 Å². The molecule has 5 nitrogen and oxygen atoms in total. The van der Waals surface area contributed by atoms with Crippen LogP contribution in [0.1, 0.15) is 56.7 Å². The molecule has 0 saturated heterocycles. The fraction of sp³-hybridized carbons (Fsp3) is 0.462. The van der Waals surface area contributed by atoms with Gasteiger partial charge in [0.2, 0.25) is 11.8 Å². The van der Waals surface area contributed by atoms with Crippen molar-refractivity contribution < 1.29 is 14.3 Å². The van der Waals surface area contributed by atoms with E-state index in [0.717, 1.165) is 36.1 Å². The molecule has 168 valence electrons. The molecule has 0 radical (unpaired) electrons. The van der Waals surface area contributed by atoms with Gasteiger partial charge in [0.05, 0.1) is 7.11 Å². The second-order valence-corrected chi connectivity index (χ2v) is 7.86. The van der Waals surface area contributed by atoms with E-state index in [0.29, 0.717) is 25.9 Å². The molecule has 0 heterocycles. The van der Waals surface area contributed by atoms with Crippen molar-refractivity contribution in [3.8, 4) is 5.75 Å². The number of methoxy groups -OCH3 is 1. The van der Waals surface area contributed by atoms with E-state index in [-0.39, 0.29) is 11.8 Å². The van der Waals surface area contributed by atoms with Crippen molar-refractivity contribution >= 4 is 11.8 Å². The number of ether oxygens (including phenoxy) is 1. The largest absolute Gasteiger partial charge is 0.497 e. The zero-order chi connectivity index (χ0) is 22.6. The van der Waals surface area contributed by atoms with E-state index >= 15 is 0 Å². The molecule has 31 heavy (non-hydrogen) atoms. The topological polar surface area (TPSA) is 58.6 Å². The minimum atomic E-state index is -0.543. The summed E-state index contributed by atoms with van der Waals surface area (Å²) >= 11 is 0. The van der Waals surface area contributed by atoms with E-state index < -0.39 is 6.04 Å². The standard InChI is InChI=1S/C26H36N2O3/c1-5-7-17-27-26(30)20(3)28(19-23-9-8-10-24(18-23)31-4)25(29)16-15-22-13-11-21(6-2)12-14-22/h8-14,18,20H,5-7,15-17,19H2,1-4H3,(H,27,30)/t20-/m1/s1. The highest BCUT2D eigenvalue weighted by atomic mass is 16.5. The summed E-state index contributed by atoms with van der Waals surface area (Å²) in [6, 6.07) is 15.5. The van der Waals surface area contributed by atoms with E-state index in [2.05, 4.69) is 43.4 Å². The van der Waals surface area contributed by atoms with Crippen molar-refractivity contribution in [2.45, 2.75) is 65.5 Å². The highest BCUT2D eigenvalue weighted by molar-refractivity contribution is 5.87. The maximum atomic E-state index is 13.2. The minimum Gasteiger partial charge on any atom is -0.497 e. The number of benzene rings is 2. The average Bonchev–Trinajstić information content (AvgIpc) is 2.81. The number of rotatable bonds is 12. The van der Waals surface area contributed by atoms with Crippen molar-refractivity contribution in [2.75, 3.05) is 13.7 Å². The molecule has 1 N–H and O–H groups in total. The number of carbonyl (C=O) groups excluding carboxylic acids is 2. The summed E-state index contributed by atoms with van der Waals surface area (Å²) in [5.74, 6) is 0.596. The molecule has 0 aliphatic heterocycles. The Morgan fingerprint density at radius 1 is 1.03 bits per heavy atom. The number of nitrogens with one attached hydrogen (secondary N) is 1. The lowest BCUT2D eigenvalue weighted by Crippen LogP contribution is -2.47. The summed E-state index contributed by atoms with van der Waals surface area (Å²) in [7, 11) is 1.62. The molecule has 2 aromatic carbocycles. The predicted octanol–water partition coefficient (Wildman–Crippen LogP) is 4.52. The number of amides is 2. The third-order valence-corrected chi connectivity index (χ3v) is 5.54. The molecule has 1 atom stereocenters. The molecule has 0 aliphatic rings. The van der Waals surface area contributed by atoms with Gasteiger partial charge in [-0.3, -0.25) is 9.59 Å². The van der Waals surface area contributed by atoms with Crippen LogP contribution in [-0.4, -0.2) is 36.4 Å². The quantitative estimate of drug-likeness (QED) is 0.510. The molecule has 2 amide bonds. The van der Waals surface area contributed by atoms with Crippen molar-refractivity contribution in [3.63, 3.8) is 0 Å². The molecule has 0 saturated carbocycles. The number of aryl methyl sites for hydroxylation is 2. The average molecular weight is 425 g/mol. The van der Waals surface area contributed by atoms with Crippen LogP contribution in [0, 0.1) is 0 Å². The zero-order valence-corrected chi connectivity index (χ0v) is 19.3. The highest BCUT2D eigenvalue weighted by Crippen LogP contribution is 2.17. The Morgan fingerprint density at radius 2 is 1.74 bits per heavy atom. The van der Waals surface area contributed by atoms with Gasteiger partial charge in [0.15, 0.2) is 0 Å². The summed E-state index contributed by atoms with van der Waals surface area (Å²) in [6.45, 7) is 7.01. The first-order valence-electron chi connectivity index (χ1n) is 11.3. The van der Waals surface area contributed by atoms with Crippen molar-refractivity contribution in [1.29, 1.82) is 0 Å². The summed E-state index contributed by atoms with van der Waals surface area (Å²) in [6.07, 6.45) is 3.95. The lowest BCUT2D eigenvalue weighted by atomic mass is 10.0. The van der Waals surface area contributed by atoms with Crippen LogP contribution in [0.15, 0.2) is 48.5 Å². The number of unbranched alkanes of at least 4 members (excludes halogenated alkanes) is 1. The van der Waals surface area contributed by atoms with Gasteiger partial charge in [-0.2, -0.15) is 0 Å². The van der Waals surface area contributed by atoms with E-state index in [9.17, 15) is 9.59 Å². The second kappa shape index (κ2) is 12.8. The number of carbonyl (C=O) groups is 2. The molecule has 0 unspecified atom stereocenters. The maximum Gasteiger partial charge on any atom is 0.242 e. The fourth-order valence-electron chi connectivity index (χ4n) is 3.42. The van der Waals surface area contributed by atoms with E-state index in [1.165, 1.54) is 5.56 Å². The molecule has 0 spiro atoms. The van der Waals surface area contributed by atoms with Crippen LogP contribution in [0.25, 0.3) is 0 Å². The van der Waals surface area contributed by atoms with Crippen LogP contribution in [0.3, 0.4) is 0 Å². The number of hydrogen-bond acceptors (Lipinski definition) is 3. The molecule has 2 rings (SSSR count). The Bertz CT molecular complexity index is 833. The Labute approximate surface area is 186 Å². The molecule has 0 bridgehead atoms. The minimum absolute atomic E-state index is 0.0273. The number of hydrogen-bond donors (Lipinski definition) is 1. The Hall–Kier alpha value is -2.82.